The number of amides is 1. The molecule has 1 N–H and O–H groups in total. The SMILES string of the molecule is O=C(NS(=O)(=O)c1cccc(Br)c1)c1ccc(OCc2ccccc2F)cc1. The molecule has 5 nitrogen and oxygen atoms in total. The van der Waals surface area contributed by atoms with Crippen molar-refractivity contribution in [2.75, 3.05) is 0 Å². The number of hydrogen-bond donors (Lipinski definition) is 1. The zero-order chi connectivity index (χ0) is 20.1. The summed E-state index contributed by atoms with van der Waals surface area (Å²) in [7, 11) is -3.99. The molecule has 0 atom stereocenters. The molecule has 8 heteroatoms. The van der Waals surface area contributed by atoms with Crippen LogP contribution in [0.4, 0.5) is 4.39 Å². The van der Waals surface area contributed by atoms with E-state index in [4.69, 9.17) is 4.74 Å². The first-order valence-corrected chi connectivity index (χ1v) is 10.4. The topological polar surface area (TPSA) is 72.5 Å². The lowest BCUT2D eigenvalue weighted by atomic mass is 10.2. The first kappa shape index (κ1) is 20.0. The lowest BCUT2D eigenvalue weighted by molar-refractivity contribution is 0.0981. The Bertz CT molecular complexity index is 1100. The fourth-order valence-electron chi connectivity index (χ4n) is 2.35. The van der Waals surface area contributed by atoms with Gasteiger partial charge in [0.05, 0.1) is 4.90 Å². The van der Waals surface area contributed by atoms with Crippen LogP contribution in [0.15, 0.2) is 82.2 Å². The molecule has 3 aromatic carbocycles. The van der Waals surface area contributed by atoms with Crippen LogP contribution in [0.25, 0.3) is 0 Å². The van der Waals surface area contributed by atoms with Crippen molar-refractivity contribution in [3.05, 3.63) is 94.2 Å². The Morgan fingerprint density at radius 1 is 1.00 bits per heavy atom. The predicted octanol–water partition coefficient (Wildman–Crippen LogP) is 4.29. The summed E-state index contributed by atoms with van der Waals surface area (Å²) in [5, 5.41) is 0. The number of carbonyl (C=O) groups excluding carboxylic acids is 1. The first-order valence-electron chi connectivity index (χ1n) is 8.14. The van der Waals surface area contributed by atoms with Gasteiger partial charge in [0.25, 0.3) is 15.9 Å². The van der Waals surface area contributed by atoms with Gasteiger partial charge >= 0.3 is 0 Å². The maximum absolute atomic E-state index is 13.6. The summed E-state index contributed by atoms with van der Waals surface area (Å²) in [6.45, 7) is 0.0372. The third kappa shape index (κ3) is 4.96. The molecule has 0 aliphatic heterocycles. The van der Waals surface area contributed by atoms with Crippen LogP contribution < -0.4 is 9.46 Å². The van der Waals surface area contributed by atoms with Crippen molar-refractivity contribution >= 4 is 31.9 Å². The second kappa shape index (κ2) is 8.53. The summed E-state index contributed by atoms with van der Waals surface area (Å²) < 4.78 is 46.3. The average molecular weight is 464 g/mol. The van der Waals surface area contributed by atoms with Gasteiger partial charge in [-0.05, 0) is 48.5 Å². The van der Waals surface area contributed by atoms with Crippen molar-refractivity contribution in [3.8, 4) is 5.75 Å². The number of rotatable bonds is 6. The zero-order valence-electron chi connectivity index (χ0n) is 14.4. The molecular formula is C20H15BrFNO4S. The molecule has 28 heavy (non-hydrogen) atoms. The normalized spacial score (nSPS) is 11.1. The monoisotopic (exact) mass is 463 g/mol. The van der Waals surface area contributed by atoms with E-state index in [0.29, 0.717) is 15.8 Å². The molecule has 0 unspecified atom stereocenters. The molecule has 0 aliphatic rings. The van der Waals surface area contributed by atoms with E-state index >= 15 is 0 Å². The van der Waals surface area contributed by atoms with Gasteiger partial charge in [-0.3, -0.25) is 4.79 Å². The summed E-state index contributed by atoms with van der Waals surface area (Å²) in [5.74, 6) is -0.702. The van der Waals surface area contributed by atoms with Gasteiger partial charge in [0.1, 0.15) is 18.2 Å². The molecule has 3 rings (SSSR count). The minimum atomic E-state index is -3.99. The van der Waals surface area contributed by atoms with Crippen LogP contribution in [-0.4, -0.2) is 14.3 Å². The Morgan fingerprint density at radius 3 is 2.39 bits per heavy atom. The van der Waals surface area contributed by atoms with Crippen LogP contribution >= 0.6 is 15.9 Å². The van der Waals surface area contributed by atoms with Crippen LogP contribution in [0.3, 0.4) is 0 Å². The largest absolute Gasteiger partial charge is 0.489 e. The molecule has 1 amide bonds. The van der Waals surface area contributed by atoms with Gasteiger partial charge in [0, 0.05) is 15.6 Å². The second-order valence-corrected chi connectivity index (χ2v) is 8.39. The third-order valence-corrected chi connectivity index (χ3v) is 5.62. The molecule has 0 heterocycles. The molecule has 0 aromatic heterocycles. The van der Waals surface area contributed by atoms with Crippen LogP contribution in [0.1, 0.15) is 15.9 Å². The highest BCUT2D eigenvalue weighted by Crippen LogP contribution is 2.18. The summed E-state index contributed by atoms with van der Waals surface area (Å²) >= 11 is 3.20. The highest BCUT2D eigenvalue weighted by atomic mass is 79.9. The van der Waals surface area contributed by atoms with Crippen molar-refractivity contribution in [1.82, 2.24) is 4.72 Å². The Kier molecular flexibility index (Phi) is 6.11. The second-order valence-electron chi connectivity index (χ2n) is 5.80. The molecule has 3 aromatic rings. The molecule has 0 saturated carbocycles. The highest BCUT2D eigenvalue weighted by Gasteiger charge is 2.19. The van der Waals surface area contributed by atoms with Gasteiger partial charge in [-0.2, -0.15) is 0 Å². The molecule has 144 valence electrons. The number of ether oxygens (including phenoxy) is 1. The number of hydrogen-bond acceptors (Lipinski definition) is 4. The minimum Gasteiger partial charge on any atom is -0.489 e. The van der Waals surface area contributed by atoms with E-state index < -0.39 is 15.9 Å². The first-order chi connectivity index (χ1) is 13.3. The Labute approximate surface area is 170 Å². The van der Waals surface area contributed by atoms with Crippen LogP contribution in [0, 0.1) is 5.82 Å². The minimum absolute atomic E-state index is 0.0277. The molecule has 0 radical (unpaired) electrons. The van der Waals surface area contributed by atoms with Gasteiger partial charge in [0.2, 0.25) is 0 Å². The average Bonchev–Trinajstić information content (AvgIpc) is 2.67. The van der Waals surface area contributed by atoms with Crippen molar-refractivity contribution in [3.63, 3.8) is 0 Å². The van der Waals surface area contributed by atoms with Crippen molar-refractivity contribution < 1.29 is 22.3 Å². The van der Waals surface area contributed by atoms with E-state index in [1.807, 2.05) is 4.72 Å². The van der Waals surface area contributed by atoms with Crippen LogP contribution in [-0.2, 0) is 16.6 Å². The highest BCUT2D eigenvalue weighted by molar-refractivity contribution is 9.10. The lowest BCUT2D eigenvalue weighted by Gasteiger charge is -2.09. The Hall–Kier alpha value is -2.71. The quantitative estimate of drug-likeness (QED) is 0.591. The van der Waals surface area contributed by atoms with E-state index in [0.717, 1.165) is 0 Å². The fourth-order valence-corrected chi connectivity index (χ4v) is 3.92. The van der Waals surface area contributed by atoms with Gasteiger partial charge in [-0.15, -0.1) is 0 Å². The van der Waals surface area contributed by atoms with Gasteiger partial charge in [0.15, 0.2) is 0 Å². The third-order valence-electron chi connectivity index (χ3n) is 3.80. The predicted molar refractivity (Wildman–Crippen MR) is 106 cm³/mol. The molecule has 0 saturated heterocycles. The zero-order valence-corrected chi connectivity index (χ0v) is 16.8. The smallest absolute Gasteiger partial charge is 0.265 e. The Morgan fingerprint density at radius 2 is 1.71 bits per heavy atom. The molecule has 0 bridgehead atoms. The van der Waals surface area contributed by atoms with E-state index in [9.17, 15) is 17.6 Å². The molecule has 0 fully saturated rings. The van der Waals surface area contributed by atoms with Crippen molar-refractivity contribution in [2.45, 2.75) is 11.5 Å². The number of benzene rings is 3. The van der Waals surface area contributed by atoms with Gasteiger partial charge in [-0.1, -0.05) is 40.2 Å². The van der Waals surface area contributed by atoms with Crippen LogP contribution in [0.2, 0.25) is 0 Å². The molecule has 0 aliphatic carbocycles. The Balaban J connectivity index is 1.66. The molecular weight excluding hydrogens is 449 g/mol. The summed E-state index contributed by atoms with van der Waals surface area (Å²) in [6, 6.07) is 18.2. The fraction of sp³-hybridized carbons (Fsp3) is 0.0500. The number of carbonyl (C=O) groups is 1. The van der Waals surface area contributed by atoms with E-state index in [-0.39, 0.29) is 22.9 Å². The standard InChI is InChI=1S/C20H15BrFNO4S/c21-16-5-3-6-18(12-16)28(25,26)23-20(24)14-8-10-17(11-9-14)27-13-15-4-1-2-7-19(15)22/h1-12H,13H2,(H,23,24). The number of sulfonamides is 1. The van der Waals surface area contributed by atoms with Crippen molar-refractivity contribution in [2.24, 2.45) is 0 Å². The van der Waals surface area contributed by atoms with Gasteiger partial charge < -0.3 is 4.74 Å². The summed E-state index contributed by atoms with van der Waals surface area (Å²) in [5.41, 5.74) is 0.557. The summed E-state index contributed by atoms with van der Waals surface area (Å²) in [4.78, 5) is 12.2. The summed E-state index contributed by atoms with van der Waals surface area (Å²) in [6.07, 6.45) is 0. The van der Waals surface area contributed by atoms with Crippen LogP contribution in [0.5, 0.6) is 5.75 Å². The number of halogens is 2. The maximum Gasteiger partial charge on any atom is 0.265 e. The van der Waals surface area contributed by atoms with E-state index in [2.05, 4.69) is 15.9 Å². The molecule has 0 spiro atoms. The lowest BCUT2D eigenvalue weighted by Crippen LogP contribution is -2.30. The van der Waals surface area contributed by atoms with Gasteiger partial charge in [-0.25, -0.2) is 17.5 Å². The van der Waals surface area contributed by atoms with Crippen molar-refractivity contribution in [1.29, 1.82) is 0 Å². The maximum atomic E-state index is 13.6. The number of nitrogens with one attached hydrogen (secondary N) is 1. The van der Waals surface area contributed by atoms with E-state index in [1.165, 1.54) is 42.5 Å². The van der Waals surface area contributed by atoms with E-state index in [1.54, 1.807) is 30.3 Å².